The molecule has 1 atom stereocenters. The Bertz CT molecular complexity index is 400. The van der Waals surface area contributed by atoms with Crippen LogP contribution in [0.5, 0.6) is 11.5 Å². The molecule has 5 heteroatoms. The molecule has 0 fully saturated rings. The van der Waals surface area contributed by atoms with Crippen LogP contribution in [0.4, 0.5) is 0 Å². The fourth-order valence-corrected chi connectivity index (χ4v) is 1.77. The summed E-state index contributed by atoms with van der Waals surface area (Å²) in [5, 5.41) is 27.5. The summed E-state index contributed by atoms with van der Waals surface area (Å²) >= 11 is 3.20. The van der Waals surface area contributed by atoms with Crippen LogP contribution in [-0.2, 0) is 0 Å². The second kappa shape index (κ2) is 5.01. The van der Waals surface area contributed by atoms with Crippen LogP contribution in [0.1, 0.15) is 18.1 Å². The molecule has 0 saturated carbocycles. The average Bonchev–Trinajstić information content (AvgIpc) is 2.18. The van der Waals surface area contributed by atoms with E-state index in [1.807, 2.05) is 6.07 Å². The molecule has 0 aliphatic carbocycles. The molecule has 15 heavy (non-hydrogen) atoms. The van der Waals surface area contributed by atoms with Gasteiger partial charge in [0.2, 0.25) is 0 Å². The molecule has 0 saturated heterocycles. The first-order chi connectivity index (χ1) is 7.10. The fourth-order valence-electron chi connectivity index (χ4n) is 1.17. The Hall–Kier alpha value is -1.25. The molecule has 1 rings (SSSR count). The number of hydrogen-bond acceptors (Lipinski definition) is 4. The number of aliphatic hydroxyl groups is 1. The van der Waals surface area contributed by atoms with E-state index in [1.165, 1.54) is 19.2 Å². The van der Waals surface area contributed by atoms with Gasteiger partial charge in [0, 0.05) is 4.47 Å². The highest BCUT2D eigenvalue weighted by Gasteiger charge is 2.14. The minimum Gasteiger partial charge on any atom is -0.504 e. The minimum absolute atomic E-state index is 0.00741. The Balaban J connectivity index is 3.13. The number of methoxy groups -OCH3 is 1. The van der Waals surface area contributed by atoms with E-state index in [0.29, 0.717) is 10.0 Å². The van der Waals surface area contributed by atoms with E-state index >= 15 is 0 Å². The van der Waals surface area contributed by atoms with Gasteiger partial charge in [-0.15, -0.1) is 0 Å². The molecule has 80 valence electrons. The molecule has 4 nitrogen and oxygen atoms in total. The zero-order valence-electron chi connectivity index (χ0n) is 8.07. The lowest BCUT2D eigenvalue weighted by Crippen LogP contribution is -1.98. The zero-order valence-corrected chi connectivity index (χ0v) is 9.65. The highest BCUT2D eigenvalue weighted by Crippen LogP contribution is 2.35. The summed E-state index contributed by atoms with van der Waals surface area (Å²) in [5.74, 6) is 0.252. The van der Waals surface area contributed by atoms with Gasteiger partial charge in [-0.3, -0.25) is 0 Å². The molecule has 0 bridgehead atoms. The number of phenolic OH excluding ortho intramolecular Hbond substituents is 1. The second-order valence-corrected chi connectivity index (χ2v) is 3.78. The Kier molecular flexibility index (Phi) is 3.95. The Morgan fingerprint density at radius 3 is 2.80 bits per heavy atom. The van der Waals surface area contributed by atoms with Crippen LogP contribution < -0.4 is 4.74 Å². The van der Waals surface area contributed by atoms with Crippen molar-refractivity contribution in [2.24, 2.45) is 0 Å². The molecule has 0 heterocycles. The molecule has 0 aliphatic heterocycles. The summed E-state index contributed by atoms with van der Waals surface area (Å²) in [7, 11) is 1.42. The number of aromatic hydroxyl groups is 1. The van der Waals surface area contributed by atoms with Gasteiger partial charge >= 0.3 is 0 Å². The van der Waals surface area contributed by atoms with Crippen molar-refractivity contribution in [1.82, 2.24) is 0 Å². The van der Waals surface area contributed by atoms with Gasteiger partial charge in [-0.2, -0.15) is 5.26 Å². The van der Waals surface area contributed by atoms with Gasteiger partial charge < -0.3 is 14.9 Å². The van der Waals surface area contributed by atoms with E-state index in [1.54, 1.807) is 0 Å². The van der Waals surface area contributed by atoms with Crippen molar-refractivity contribution in [3.05, 3.63) is 22.2 Å². The third-order valence-electron chi connectivity index (χ3n) is 1.94. The van der Waals surface area contributed by atoms with Crippen molar-refractivity contribution in [1.29, 1.82) is 5.26 Å². The smallest absolute Gasteiger partial charge is 0.160 e. The number of aliphatic hydroxyl groups excluding tert-OH is 1. The van der Waals surface area contributed by atoms with Crippen LogP contribution in [-0.4, -0.2) is 17.3 Å². The summed E-state index contributed by atoms with van der Waals surface area (Å²) in [6, 6.07) is 4.80. The molecule has 0 aromatic heterocycles. The van der Waals surface area contributed by atoms with Crippen LogP contribution in [0.25, 0.3) is 0 Å². The number of ether oxygens (including phenoxy) is 1. The SMILES string of the molecule is COc1cc(C(O)CC#N)c(Br)cc1O. The van der Waals surface area contributed by atoms with Crippen molar-refractivity contribution in [3.63, 3.8) is 0 Å². The van der Waals surface area contributed by atoms with Crippen LogP contribution in [0.15, 0.2) is 16.6 Å². The minimum atomic E-state index is -0.890. The number of rotatable bonds is 3. The number of phenols is 1. The van der Waals surface area contributed by atoms with Gasteiger partial charge in [-0.25, -0.2) is 0 Å². The first-order valence-corrected chi connectivity index (χ1v) is 5.00. The van der Waals surface area contributed by atoms with E-state index in [4.69, 9.17) is 10.00 Å². The van der Waals surface area contributed by atoms with Gasteiger partial charge in [0.1, 0.15) is 0 Å². The van der Waals surface area contributed by atoms with E-state index < -0.39 is 6.10 Å². The van der Waals surface area contributed by atoms with E-state index in [2.05, 4.69) is 15.9 Å². The Morgan fingerprint density at radius 1 is 1.60 bits per heavy atom. The molecule has 1 aromatic rings. The van der Waals surface area contributed by atoms with Crippen LogP contribution in [0.2, 0.25) is 0 Å². The van der Waals surface area contributed by atoms with Crippen LogP contribution >= 0.6 is 15.9 Å². The first kappa shape index (κ1) is 11.8. The van der Waals surface area contributed by atoms with Gasteiger partial charge in [0.15, 0.2) is 11.5 Å². The molecule has 0 aliphatic rings. The Labute approximate surface area is 95.9 Å². The zero-order chi connectivity index (χ0) is 11.4. The van der Waals surface area contributed by atoms with Crippen molar-refractivity contribution < 1.29 is 14.9 Å². The molecule has 0 spiro atoms. The molecule has 1 unspecified atom stereocenters. The lowest BCUT2D eigenvalue weighted by Gasteiger charge is -2.12. The summed E-state index contributed by atoms with van der Waals surface area (Å²) in [6.07, 6.45) is -0.897. The lowest BCUT2D eigenvalue weighted by molar-refractivity contribution is 0.182. The standard InChI is InChI=1S/C10H10BrNO3/c1-15-10-4-6(8(13)2-3-12)7(11)5-9(10)14/h4-5,8,13-14H,2H2,1H3. The van der Waals surface area contributed by atoms with Gasteiger partial charge in [0.25, 0.3) is 0 Å². The predicted molar refractivity (Wildman–Crippen MR) is 57.5 cm³/mol. The fraction of sp³-hybridized carbons (Fsp3) is 0.300. The van der Waals surface area contributed by atoms with Gasteiger partial charge in [0.05, 0.1) is 25.7 Å². The summed E-state index contributed by atoms with van der Waals surface area (Å²) in [5.41, 5.74) is 0.520. The molecular formula is C10H10BrNO3. The van der Waals surface area contributed by atoms with Crippen molar-refractivity contribution in [2.45, 2.75) is 12.5 Å². The van der Waals surface area contributed by atoms with Crippen molar-refractivity contribution in [2.75, 3.05) is 7.11 Å². The lowest BCUT2D eigenvalue weighted by atomic mass is 10.1. The maximum Gasteiger partial charge on any atom is 0.160 e. The molecule has 0 amide bonds. The third-order valence-corrected chi connectivity index (χ3v) is 2.63. The molecular weight excluding hydrogens is 262 g/mol. The number of hydrogen-bond donors (Lipinski definition) is 2. The largest absolute Gasteiger partial charge is 0.504 e. The van der Waals surface area contributed by atoms with Crippen molar-refractivity contribution in [3.8, 4) is 17.6 Å². The number of nitrogens with zero attached hydrogens (tertiary/aromatic N) is 1. The second-order valence-electron chi connectivity index (χ2n) is 2.92. The molecule has 0 radical (unpaired) electrons. The quantitative estimate of drug-likeness (QED) is 0.883. The summed E-state index contributed by atoms with van der Waals surface area (Å²) < 4.78 is 5.45. The molecule has 2 N–H and O–H groups in total. The van der Waals surface area contributed by atoms with Gasteiger partial charge in [-0.05, 0) is 17.7 Å². The highest BCUT2D eigenvalue weighted by molar-refractivity contribution is 9.10. The van der Waals surface area contributed by atoms with Gasteiger partial charge in [-0.1, -0.05) is 15.9 Å². The normalized spacial score (nSPS) is 11.9. The first-order valence-electron chi connectivity index (χ1n) is 4.21. The van der Waals surface area contributed by atoms with Crippen molar-refractivity contribution >= 4 is 15.9 Å². The average molecular weight is 272 g/mol. The highest BCUT2D eigenvalue weighted by atomic mass is 79.9. The van der Waals surface area contributed by atoms with E-state index in [9.17, 15) is 10.2 Å². The maximum atomic E-state index is 9.62. The topological polar surface area (TPSA) is 73.5 Å². The monoisotopic (exact) mass is 271 g/mol. The summed E-state index contributed by atoms with van der Waals surface area (Å²) in [4.78, 5) is 0. The van der Waals surface area contributed by atoms with E-state index in [0.717, 1.165) is 0 Å². The predicted octanol–water partition coefficient (Wildman–Crippen LogP) is 2.11. The third kappa shape index (κ3) is 2.61. The van der Waals surface area contributed by atoms with Crippen LogP contribution in [0.3, 0.4) is 0 Å². The number of benzene rings is 1. The molecule has 1 aromatic carbocycles. The summed E-state index contributed by atoms with van der Waals surface area (Å²) in [6.45, 7) is 0. The van der Waals surface area contributed by atoms with Crippen LogP contribution in [0, 0.1) is 11.3 Å². The Morgan fingerprint density at radius 2 is 2.27 bits per heavy atom. The van der Waals surface area contributed by atoms with E-state index in [-0.39, 0.29) is 17.9 Å². The number of nitriles is 1. The maximum absolute atomic E-state index is 9.62. The number of halogens is 1.